The van der Waals surface area contributed by atoms with Gasteiger partial charge in [0, 0.05) is 16.9 Å². The summed E-state index contributed by atoms with van der Waals surface area (Å²) in [6.07, 6.45) is 4.09. The average molecular weight is 391 g/mol. The van der Waals surface area contributed by atoms with Gasteiger partial charge in [0.1, 0.15) is 18.3 Å². The van der Waals surface area contributed by atoms with E-state index in [1.54, 1.807) is 42.5 Å². The van der Waals surface area contributed by atoms with Crippen molar-refractivity contribution in [1.29, 1.82) is 0 Å². The van der Waals surface area contributed by atoms with Crippen LogP contribution in [0.2, 0.25) is 0 Å². The maximum absolute atomic E-state index is 14.3. The molecule has 4 rings (SSSR count). The molecular formula is C20H14FN5O3. The first kappa shape index (κ1) is 18.1. The van der Waals surface area contributed by atoms with Gasteiger partial charge >= 0.3 is 0 Å². The lowest BCUT2D eigenvalue weighted by Gasteiger charge is -2.09. The van der Waals surface area contributed by atoms with E-state index in [0.29, 0.717) is 16.9 Å². The van der Waals surface area contributed by atoms with Gasteiger partial charge in [-0.15, -0.1) is 0 Å². The second-order valence-electron chi connectivity index (χ2n) is 5.97. The number of anilines is 2. The Bertz CT molecular complexity index is 1140. The van der Waals surface area contributed by atoms with Crippen LogP contribution >= 0.6 is 0 Å². The Hall–Kier alpha value is -4.27. The molecule has 8 nitrogen and oxygen atoms in total. The van der Waals surface area contributed by atoms with Crippen molar-refractivity contribution in [3.8, 4) is 5.69 Å². The van der Waals surface area contributed by atoms with E-state index in [-0.39, 0.29) is 11.4 Å². The summed E-state index contributed by atoms with van der Waals surface area (Å²) in [6, 6.07) is 13.7. The molecule has 2 aromatic carbocycles. The Kier molecular flexibility index (Phi) is 4.85. The average Bonchev–Trinajstić information content (AvgIpc) is 3.43. The maximum atomic E-state index is 14.3. The number of aromatic nitrogens is 3. The monoisotopic (exact) mass is 391 g/mol. The first-order valence-electron chi connectivity index (χ1n) is 8.51. The summed E-state index contributed by atoms with van der Waals surface area (Å²) in [5.41, 5.74) is 1.37. The van der Waals surface area contributed by atoms with Gasteiger partial charge in [-0.05, 0) is 54.6 Å². The summed E-state index contributed by atoms with van der Waals surface area (Å²) in [6.45, 7) is 0. The van der Waals surface area contributed by atoms with Crippen LogP contribution in [0.5, 0.6) is 0 Å². The zero-order valence-corrected chi connectivity index (χ0v) is 14.9. The summed E-state index contributed by atoms with van der Waals surface area (Å²) in [7, 11) is 0. The van der Waals surface area contributed by atoms with Crippen molar-refractivity contribution in [1.82, 2.24) is 14.8 Å². The van der Waals surface area contributed by atoms with Crippen LogP contribution in [0.25, 0.3) is 5.69 Å². The minimum Gasteiger partial charge on any atom is -0.459 e. The molecule has 29 heavy (non-hydrogen) atoms. The Labute approximate surface area is 164 Å². The number of rotatable bonds is 5. The zero-order chi connectivity index (χ0) is 20.2. The van der Waals surface area contributed by atoms with Crippen LogP contribution < -0.4 is 10.6 Å². The van der Waals surface area contributed by atoms with Crippen molar-refractivity contribution < 1.29 is 18.4 Å². The summed E-state index contributed by atoms with van der Waals surface area (Å²) in [4.78, 5) is 28.1. The van der Waals surface area contributed by atoms with Gasteiger partial charge in [-0.2, -0.15) is 5.10 Å². The number of carbonyl (C=O) groups is 2. The van der Waals surface area contributed by atoms with Gasteiger partial charge in [-0.3, -0.25) is 9.59 Å². The minimum atomic E-state index is -0.552. The molecule has 0 saturated heterocycles. The predicted molar refractivity (Wildman–Crippen MR) is 102 cm³/mol. The van der Waals surface area contributed by atoms with Crippen LogP contribution in [0.3, 0.4) is 0 Å². The third-order valence-corrected chi connectivity index (χ3v) is 4.02. The van der Waals surface area contributed by atoms with E-state index in [9.17, 15) is 14.0 Å². The van der Waals surface area contributed by atoms with Gasteiger partial charge in [0.05, 0.1) is 6.26 Å². The zero-order valence-electron chi connectivity index (χ0n) is 14.9. The molecule has 0 saturated carbocycles. The lowest BCUT2D eigenvalue weighted by molar-refractivity contribution is 0.0995. The number of nitrogens with one attached hydrogen (secondary N) is 2. The molecule has 144 valence electrons. The summed E-state index contributed by atoms with van der Waals surface area (Å²) >= 11 is 0. The van der Waals surface area contributed by atoms with Crippen molar-refractivity contribution >= 4 is 23.2 Å². The van der Waals surface area contributed by atoms with Gasteiger partial charge in [0.15, 0.2) is 11.6 Å². The number of hydrogen-bond acceptors (Lipinski definition) is 5. The van der Waals surface area contributed by atoms with Crippen molar-refractivity contribution in [3.63, 3.8) is 0 Å². The highest BCUT2D eigenvalue weighted by molar-refractivity contribution is 6.05. The Morgan fingerprint density at radius 2 is 1.72 bits per heavy atom. The molecule has 2 aromatic heterocycles. The third-order valence-electron chi connectivity index (χ3n) is 4.02. The fourth-order valence-electron chi connectivity index (χ4n) is 2.61. The Morgan fingerprint density at radius 3 is 2.38 bits per heavy atom. The van der Waals surface area contributed by atoms with Crippen LogP contribution in [0.4, 0.5) is 15.8 Å². The predicted octanol–water partition coefficient (Wildman–Crippen LogP) is 3.50. The molecule has 9 heteroatoms. The molecule has 2 heterocycles. The van der Waals surface area contributed by atoms with E-state index < -0.39 is 17.6 Å². The van der Waals surface area contributed by atoms with Crippen LogP contribution in [0.1, 0.15) is 20.9 Å². The molecular weight excluding hydrogens is 377 g/mol. The molecule has 0 radical (unpaired) electrons. The molecule has 0 spiro atoms. The fraction of sp³-hybridized carbons (Fsp3) is 0. The normalized spacial score (nSPS) is 10.5. The maximum Gasteiger partial charge on any atom is 0.291 e. The van der Waals surface area contributed by atoms with Gasteiger partial charge in [0.2, 0.25) is 0 Å². The number of furan rings is 1. The summed E-state index contributed by atoms with van der Waals surface area (Å²) < 4.78 is 20.6. The number of amides is 2. The number of carbonyl (C=O) groups excluding carboxylic acids is 2. The van der Waals surface area contributed by atoms with Crippen LogP contribution in [0, 0.1) is 5.82 Å². The fourth-order valence-corrected chi connectivity index (χ4v) is 2.61. The van der Waals surface area contributed by atoms with Gasteiger partial charge in [-0.1, -0.05) is 0 Å². The van der Waals surface area contributed by atoms with Crippen LogP contribution in [0.15, 0.2) is 77.9 Å². The standard InChI is InChI=1S/C20H14FN5O3/c21-16-10-15(7-8-17(16)26-12-22-11-23-26)25-19(27)13-3-5-14(6-4-13)24-20(28)18-2-1-9-29-18/h1-12H,(H,24,28)(H,25,27). The molecule has 0 aliphatic carbocycles. The topological polar surface area (TPSA) is 102 Å². The Morgan fingerprint density at radius 1 is 0.966 bits per heavy atom. The van der Waals surface area contributed by atoms with Gasteiger partial charge in [-0.25, -0.2) is 14.1 Å². The number of benzene rings is 2. The molecule has 0 aliphatic rings. The molecule has 0 unspecified atom stereocenters. The molecule has 0 atom stereocenters. The highest BCUT2D eigenvalue weighted by Gasteiger charge is 2.12. The largest absolute Gasteiger partial charge is 0.459 e. The smallest absolute Gasteiger partial charge is 0.291 e. The molecule has 4 aromatic rings. The summed E-state index contributed by atoms with van der Waals surface area (Å²) in [5, 5.41) is 9.16. The minimum absolute atomic E-state index is 0.184. The van der Waals surface area contributed by atoms with Crippen molar-refractivity contribution in [3.05, 3.63) is 90.7 Å². The first-order chi connectivity index (χ1) is 14.1. The SMILES string of the molecule is O=C(Nc1ccc(-n2cncn2)c(F)c1)c1ccc(NC(=O)c2ccco2)cc1. The summed E-state index contributed by atoms with van der Waals surface area (Å²) in [5.74, 6) is -1.18. The van der Waals surface area contributed by atoms with Crippen LogP contribution in [-0.2, 0) is 0 Å². The first-order valence-corrected chi connectivity index (χ1v) is 8.51. The van der Waals surface area contributed by atoms with E-state index in [1.807, 2.05) is 0 Å². The van der Waals surface area contributed by atoms with E-state index >= 15 is 0 Å². The van der Waals surface area contributed by atoms with E-state index in [0.717, 1.165) is 0 Å². The number of halogens is 1. The number of nitrogens with zero attached hydrogens (tertiary/aromatic N) is 3. The molecule has 2 N–H and O–H groups in total. The molecule has 0 fully saturated rings. The van der Waals surface area contributed by atoms with Crippen molar-refractivity contribution in [2.24, 2.45) is 0 Å². The molecule has 0 aliphatic heterocycles. The molecule has 2 amide bonds. The quantitative estimate of drug-likeness (QED) is 0.542. The lowest BCUT2D eigenvalue weighted by atomic mass is 10.2. The highest BCUT2D eigenvalue weighted by Crippen LogP contribution is 2.19. The van der Waals surface area contributed by atoms with Gasteiger partial charge < -0.3 is 15.1 Å². The van der Waals surface area contributed by atoms with Crippen molar-refractivity contribution in [2.45, 2.75) is 0 Å². The van der Waals surface area contributed by atoms with E-state index in [1.165, 1.54) is 35.7 Å². The third kappa shape index (κ3) is 4.03. The lowest BCUT2D eigenvalue weighted by Crippen LogP contribution is -2.13. The van der Waals surface area contributed by atoms with E-state index in [4.69, 9.17) is 4.42 Å². The second-order valence-corrected chi connectivity index (χ2v) is 5.97. The second kappa shape index (κ2) is 7.77. The van der Waals surface area contributed by atoms with Crippen molar-refractivity contribution in [2.75, 3.05) is 10.6 Å². The van der Waals surface area contributed by atoms with Crippen LogP contribution in [-0.4, -0.2) is 26.6 Å². The van der Waals surface area contributed by atoms with Gasteiger partial charge in [0.25, 0.3) is 11.8 Å². The molecule has 0 bridgehead atoms. The highest BCUT2D eigenvalue weighted by atomic mass is 19.1. The Balaban J connectivity index is 1.42. The van der Waals surface area contributed by atoms with E-state index in [2.05, 4.69) is 20.7 Å². The number of hydrogen-bond donors (Lipinski definition) is 2.